The molecular weight excluding hydrogens is 645 g/mol. The summed E-state index contributed by atoms with van der Waals surface area (Å²) in [5.74, 6) is -3.23. The monoisotopic (exact) mass is 684 g/mol. The molecule has 0 bridgehead atoms. The molecule has 2 aromatic rings. The third-order valence-electron chi connectivity index (χ3n) is 8.24. The molecule has 0 radical (unpaired) electrons. The lowest BCUT2D eigenvalue weighted by molar-refractivity contribution is -0.139. The van der Waals surface area contributed by atoms with E-state index in [4.69, 9.17) is 18.3 Å². The van der Waals surface area contributed by atoms with Gasteiger partial charge >= 0.3 is 18.1 Å². The molecule has 48 heavy (non-hydrogen) atoms. The molecule has 1 aromatic heterocycles. The number of likely N-dealkylation sites (tertiary alicyclic amines) is 1. The van der Waals surface area contributed by atoms with Crippen molar-refractivity contribution in [2.45, 2.75) is 84.3 Å². The molecule has 14 nitrogen and oxygen atoms in total. The van der Waals surface area contributed by atoms with E-state index in [9.17, 15) is 42.3 Å². The molecule has 1 aromatic carbocycles. The Hall–Kier alpha value is -4.54. The van der Waals surface area contributed by atoms with Gasteiger partial charge in [0.15, 0.2) is 18.1 Å². The van der Waals surface area contributed by atoms with Crippen molar-refractivity contribution in [3.8, 4) is 5.75 Å². The van der Waals surface area contributed by atoms with E-state index in [-0.39, 0.29) is 68.1 Å². The number of ether oxygens (including phenoxy) is 2. The van der Waals surface area contributed by atoms with Gasteiger partial charge in [-0.25, -0.2) is 9.59 Å². The number of aliphatic hydroxyl groups is 1. The maximum atomic E-state index is 14.6. The molecule has 0 saturated carbocycles. The Kier molecular flexibility index (Phi) is 10.8. The van der Waals surface area contributed by atoms with E-state index in [1.807, 2.05) is 0 Å². The lowest BCUT2D eigenvalue weighted by Gasteiger charge is -2.42. The van der Waals surface area contributed by atoms with Gasteiger partial charge in [-0.05, 0) is 52.7 Å². The van der Waals surface area contributed by atoms with Crippen LogP contribution in [0.5, 0.6) is 5.75 Å². The van der Waals surface area contributed by atoms with E-state index in [0.29, 0.717) is 18.9 Å². The number of alkyl halides is 3. The second-order valence-corrected chi connectivity index (χ2v) is 12.1. The van der Waals surface area contributed by atoms with Gasteiger partial charge in [0.1, 0.15) is 5.75 Å². The Morgan fingerprint density at radius 3 is 2.50 bits per heavy atom. The number of hydrogen-bond donors (Lipinski definition) is 2. The van der Waals surface area contributed by atoms with Crippen LogP contribution in [0.25, 0.3) is 0 Å². The van der Waals surface area contributed by atoms with Crippen molar-refractivity contribution in [3.05, 3.63) is 45.4 Å². The minimum absolute atomic E-state index is 0.0246. The minimum atomic E-state index is -5.02. The summed E-state index contributed by atoms with van der Waals surface area (Å²) < 4.78 is 64.2. The lowest BCUT2D eigenvalue weighted by atomic mass is 9.96. The van der Waals surface area contributed by atoms with E-state index in [2.05, 4.69) is 5.32 Å². The average molecular weight is 685 g/mol. The number of nitrogens with zero attached hydrogens (tertiary/aromatic N) is 3. The number of aryl methyl sites for hydroxylation is 1. The van der Waals surface area contributed by atoms with E-state index < -0.39 is 65.3 Å². The van der Waals surface area contributed by atoms with Crippen molar-refractivity contribution in [3.63, 3.8) is 0 Å². The smallest absolute Gasteiger partial charge is 0.473 e. The van der Waals surface area contributed by atoms with Crippen molar-refractivity contribution < 1.29 is 55.8 Å². The van der Waals surface area contributed by atoms with Crippen LogP contribution >= 0.6 is 0 Å². The Morgan fingerprint density at radius 1 is 1.21 bits per heavy atom. The molecular formula is C31H39F3N4O10. The minimum Gasteiger partial charge on any atom is -0.473 e. The van der Waals surface area contributed by atoms with Crippen LogP contribution in [-0.2, 0) is 27.1 Å². The first-order chi connectivity index (χ1) is 22.5. The number of carbonyl (C=O) groups is 4. The molecule has 4 rings (SSSR count). The molecule has 1 fully saturated rings. The van der Waals surface area contributed by atoms with Crippen molar-refractivity contribution >= 4 is 29.5 Å². The van der Waals surface area contributed by atoms with Crippen LogP contribution in [0.4, 0.5) is 23.7 Å². The summed E-state index contributed by atoms with van der Waals surface area (Å²) in [4.78, 5) is 67.3. The van der Waals surface area contributed by atoms with Gasteiger partial charge in [-0.1, -0.05) is 6.92 Å². The zero-order valence-corrected chi connectivity index (χ0v) is 27.3. The van der Waals surface area contributed by atoms with Crippen LogP contribution < -0.4 is 20.8 Å². The molecule has 264 valence electrons. The molecule has 2 N–H and O–H groups in total. The van der Waals surface area contributed by atoms with Gasteiger partial charge in [0, 0.05) is 38.6 Å². The Labute approximate surface area is 273 Å². The van der Waals surface area contributed by atoms with Crippen LogP contribution in [0, 0.1) is 6.92 Å². The van der Waals surface area contributed by atoms with Gasteiger partial charge in [-0.15, -0.1) is 0 Å². The number of rotatable bonds is 10. The molecule has 4 amide bonds. The molecule has 2 aliphatic heterocycles. The van der Waals surface area contributed by atoms with Gasteiger partial charge in [-0.3, -0.25) is 14.4 Å². The summed E-state index contributed by atoms with van der Waals surface area (Å²) >= 11 is 0. The number of fused-ring (bicyclic) bond motifs is 1. The molecule has 1 unspecified atom stereocenters. The number of nitrogens with one attached hydrogen (secondary N) is 1. The van der Waals surface area contributed by atoms with Crippen molar-refractivity contribution in [2.24, 2.45) is 0 Å². The number of aliphatic hydroxyl groups excluding tert-OH is 1. The van der Waals surface area contributed by atoms with E-state index >= 15 is 0 Å². The van der Waals surface area contributed by atoms with Crippen LogP contribution in [0.3, 0.4) is 0 Å². The van der Waals surface area contributed by atoms with Crippen molar-refractivity contribution in [1.82, 2.24) is 15.1 Å². The first-order valence-electron chi connectivity index (χ1n) is 15.5. The third kappa shape index (κ3) is 7.61. The number of hydrogen-bond acceptors (Lipinski definition) is 10. The zero-order valence-electron chi connectivity index (χ0n) is 27.3. The second-order valence-electron chi connectivity index (χ2n) is 12.1. The fourth-order valence-electron chi connectivity index (χ4n) is 5.74. The number of carbonyl (C=O) groups excluding carboxylic acids is 4. The maximum Gasteiger partial charge on any atom is 0.519 e. The first kappa shape index (κ1) is 36.3. The standard InChI is InChI=1S/C31H39F3N4O10/c1-6-25(40)35-9-11-37-22-12-20(21(31(32,33)34)13-23(22)48-30(5,16-39)27(37)42)26(41)38(17(2)3)19-8-7-10-36(14-19)28(43)45-15-24-18(4)46-29(44)47-24/h12-13,17,19,39H,6-11,14-16H2,1-5H3,(H,35,40)/t19-,30?/m1/s1. The number of benzene rings is 1. The highest BCUT2D eigenvalue weighted by atomic mass is 19.4. The predicted octanol–water partition coefficient (Wildman–Crippen LogP) is 3.21. The van der Waals surface area contributed by atoms with Crippen molar-refractivity contribution in [1.29, 1.82) is 0 Å². The third-order valence-corrected chi connectivity index (χ3v) is 8.24. The fraction of sp³-hybridized carbons (Fsp3) is 0.581. The number of halogens is 3. The topological polar surface area (TPSA) is 172 Å². The van der Waals surface area contributed by atoms with Crippen LogP contribution in [-0.4, -0.2) is 89.2 Å². The van der Waals surface area contributed by atoms with E-state index in [1.165, 1.54) is 23.6 Å². The highest BCUT2D eigenvalue weighted by Crippen LogP contribution is 2.44. The molecule has 2 aliphatic rings. The maximum absolute atomic E-state index is 14.6. The normalized spacial score (nSPS) is 19.5. The highest BCUT2D eigenvalue weighted by Gasteiger charge is 2.47. The van der Waals surface area contributed by atoms with E-state index in [1.54, 1.807) is 20.8 Å². The summed E-state index contributed by atoms with van der Waals surface area (Å²) in [6.45, 7) is 6.32. The van der Waals surface area contributed by atoms with Gasteiger partial charge in [0.2, 0.25) is 11.5 Å². The molecule has 0 spiro atoms. The molecule has 17 heteroatoms. The first-order valence-corrected chi connectivity index (χ1v) is 15.5. The highest BCUT2D eigenvalue weighted by molar-refractivity contribution is 6.05. The summed E-state index contributed by atoms with van der Waals surface area (Å²) in [5.41, 5.74) is -4.10. The Balaban J connectivity index is 1.67. The van der Waals surface area contributed by atoms with Crippen molar-refractivity contribution in [2.75, 3.05) is 37.7 Å². The second kappa shape index (κ2) is 14.3. The largest absolute Gasteiger partial charge is 0.519 e. The quantitative estimate of drug-likeness (QED) is 0.379. The molecule has 0 aliphatic carbocycles. The van der Waals surface area contributed by atoms with Crippen LogP contribution in [0.15, 0.2) is 25.8 Å². The SMILES string of the molecule is CCC(=O)NCCN1C(=O)C(C)(CO)Oc2cc(C(F)(F)F)c(C(=O)N(C(C)C)[C@@H]3CCCN(C(=O)OCc4oc(=O)oc4C)C3)cc21. The summed E-state index contributed by atoms with van der Waals surface area (Å²) in [5, 5.41) is 12.6. The van der Waals surface area contributed by atoms with Gasteiger partial charge in [-0.2, -0.15) is 13.2 Å². The summed E-state index contributed by atoms with van der Waals surface area (Å²) in [6, 6.07) is 0.261. The average Bonchev–Trinajstić information content (AvgIpc) is 3.36. The van der Waals surface area contributed by atoms with Gasteiger partial charge in [0.05, 0.1) is 29.5 Å². The Morgan fingerprint density at radius 2 is 1.92 bits per heavy atom. The molecule has 2 atom stereocenters. The van der Waals surface area contributed by atoms with Crippen LogP contribution in [0.1, 0.15) is 74.4 Å². The summed E-state index contributed by atoms with van der Waals surface area (Å²) in [7, 11) is 0. The molecule has 3 heterocycles. The number of piperidine rings is 1. The van der Waals surface area contributed by atoms with E-state index in [0.717, 1.165) is 11.0 Å². The fourth-order valence-corrected chi connectivity index (χ4v) is 5.74. The zero-order chi connectivity index (χ0) is 35.6. The van der Waals surface area contributed by atoms with Gasteiger partial charge < -0.3 is 43.4 Å². The van der Waals surface area contributed by atoms with Gasteiger partial charge in [0.25, 0.3) is 11.8 Å². The van der Waals surface area contributed by atoms with Crippen LogP contribution in [0.2, 0.25) is 0 Å². The predicted molar refractivity (Wildman–Crippen MR) is 161 cm³/mol. The molecule has 1 saturated heterocycles. The lowest BCUT2D eigenvalue weighted by Crippen LogP contribution is -2.58. The number of anilines is 1. The Bertz CT molecular complexity index is 1600. The number of amides is 4. The summed E-state index contributed by atoms with van der Waals surface area (Å²) in [6.07, 6.45) is -4.86.